The van der Waals surface area contributed by atoms with E-state index in [1.807, 2.05) is 0 Å². The van der Waals surface area contributed by atoms with Crippen LogP contribution in [0.25, 0.3) is 0 Å². The highest BCUT2D eigenvalue weighted by Gasteiger charge is 2.39. The van der Waals surface area contributed by atoms with Gasteiger partial charge in [-0.05, 0) is 32.3 Å². The van der Waals surface area contributed by atoms with Crippen LogP contribution in [0.15, 0.2) is 18.2 Å². The van der Waals surface area contributed by atoms with Crippen LogP contribution in [0.1, 0.15) is 42.4 Å². The normalized spacial score (nSPS) is 17.9. The van der Waals surface area contributed by atoms with Crippen molar-refractivity contribution >= 4 is 5.78 Å². The molecule has 1 aromatic rings. The highest BCUT2D eigenvalue weighted by atomic mass is 16.1. The summed E-state index contributed by atoms with van der Waals surface area (Å²) in [6.45, 7) is 4.67. The number of aryl methyl sites for hydroxylation is 2. The second kappa shape index (κ2) is 5.23. The molecule has 0 aliphatic heterocycles. The first-order valence-corrected chi connectivity index (χ1v) is 6.86. The van der Waals surface area contributed by atoms with Gasteiger partial charge in [0.1, 0.15) is 5.78 Å². The molecule has 0 amide bonds. The van der Waals surface area contributed by atoms with Crippen LogP contribution in [-0.2, 0) is 11.2 Å². The van der Waals surface area contributed by atoms with Crippen LogP contribution in [0.3, 0.4) is 0 Å². The van der Waals surface area contributed by atoms with E-state index in [0.29, 0.717) is 18.7 Å². The van der Waals surface area contributed by atoms with Gasteiger partial charge in [-0.3, -0.25) is 4.79 Å². The van der Waals surface area contributed by atoms with Crippen LogP contribution in [0, 0.1) is 19.3 Å². The molecular weight excluding hydrogens is 222 g/mol. The average Bonchev–Trinajstić information content (AvgIpc) is 2.77. The third-order valence-corrected chi connectivity index (χ3v) is 4.19. The number of rotatable bonds is 4. The molecule has 18 heavy (non-hydrogen) atoms. The molecule has 1 fully saturated rings. The minimum absolute atomic E-state index is 0.225. The maximum Gasteiger partial charge on any atom is 0.144 e. The number of benzene rings is 1. The Balaban J connectivity index is 2.15. The lowest BCUT2D eigenvalue weighted by molar-refractivity contribution is -0.127. The monoisotopic (exact) mass is 245 g/mol. The summed E-state index contributed by atoms with van der Waals surface area (Å²) in [7, 11) is 0. The molecular formula is C16H23NO. The molecule has 0 aromatic heterocycles. The summed E-state index contributed by atoms with van der Waals surface area (Å²) in [4.78, 5) is 12.5. The highest BCUT2D eigenvalue weighted by Crippen LogP contribution is 2.38. The fraction of sp³-hybridized carbons (Fsp3) is 0.562. The molecule has 0 saturated heterocycles. The van der Waals surface area contributed by atoms with Gasteiger partial charge in [-0.2, -0.15) is 0 Å². The summed E-state index contributed by atoms with van der Waals surface area (Å²) in [5.74, 6) is 0.340. The van der Waals surface area contributed by atoms with Crippen LogP contribution in [0.4, 0.5) is 0 Å². The van der Waals surface area contributed by atoms with Crippen molar-refractivity contribution in [2.45, 2.75) is 46.0 Å². The second-order valence-corrected chi connectivity index (χ2v) is 5.79. The van der Waals surface area contributed by atoms with Crippen molar-refractivity contribution in [3.05, 3.63) is 34.9 Å². The van der Waals surface area contributed by atoms with E-state index in [1.165, 1.54) is 11.1 Å². The molecule has 2 N–H and O–H groups in total. The van der Waals surface area contributed by atoms with E-state index >= 15 is 0 Å². The Kier molecular flexibility index (Phi) is 3.86. The summed E-state index contributed by atoms with van der Waals surface area (Å²) in [5, 5.41) is 0. The summed E-state index contributed by atoms with van der Waals surface area (Å²) in [5.41, 5.74) is 9.23. The number of ketones is 1. The van der Waals surface area contributed by atoms with E-state index < -0.39 is 0 Å². The van der Waals surface area contributed by atoms with Crippen molar-refractivity contribution < 1.29 is 4.79 Å². The van der Waals surface area contributed by atoms with E-state index in [9.17, 15) is 4.79 Å². The number of carbonyl (C=O) groups excluding carboxylic acids is 1. The van der Waals surface area contributed by atoms with Crippen molar-refractivity contribution in [1.29, 1.82) is 0 Å². The van der Waals surface area contributed by atoms with Crippen molar-refractivity contribution in [2.75, 3.05) is 6.54 Å². The van der Waals surface area contributed by atoms with Crippen molar-refractivity contribution in [2.24, 2.45) is 11.1 Å². The molecule has 1 aliphatic rings. The molecule has 1 aromatic carbocycles. The molecule has 0 spiro atoms. The van der Waals surface area contributed by atoms with Crippen molar-refractivity contribution in [3.8, 4) is 0 Å². The molecule has 1 aliphatic carbocycles. The van der Waals surface area contributed by atoms with E-state index in [1.54, 1.807) is 0 Å². The zero-order chi connectivity index (χ0) is 13.2. The van der Waals surface area contributed by atoms with Gasteiger partial charge in [0.2, 0.25) is 0 Å². The molecule has 2 rings (SSSR count). The zero-order valence-corrected chi connectivity index (χ0v) is 11.5. The number of nitrogens with two attached hydrogens (primary N) is 1. The minimum atomic E-state index is -0.225. The van der Waals surface area contributed by atoms with Gasteiger partial charge < -0.3 is 5.73 Å². The molecule has 2 nitrogen and oxygen atoms in total. The predicted molar refractivity (Wildman–Crippen MR) is 74.6 cm³/mol. The van der Waals surface area contributed by atoms with Gasteiger partial charge in [0.15, 0.2) is 0 Å². The Morgan fingerprint density at radius 3 is 2.22 bits per heavy atom. The highest BCUT2D eigenvalue weighted by molar-refractivity contribution is 5.87. The quantitative estimate of drug-likeness (QED) is 0.886. The third-order valence-electron chi connectivity index (χ3n) is 4.19. The average molecular weight is 245 g/mol. The van der Waals surface area contributed by atoms with Gasteiger partial charge in [0.25, 0.3) is 0 Å². The number of Topliss-reactive ketones (excluding diaryl/α,β-unsaturated/α-hetero) is 1. The first-order chi connectivity index (χ1) is 8.55. The molecule has 0 atom stereocenters. The molecule has 0 unspecified atom stereocenters. The standard InChI is InChI=1S/C16H23NO/c1-12-7-13(2)9-14(8-12)10-15(18)16(11-17)5-3-4-6-16/h7-9H,3-6,10-11,17H2,1-2H3. The molecule has 0 bridgehead atoms. The second-order valence-electron chi connectivity index (χ2n) is 5.79. The van der Waals surface area contributed by atoms with Crippen LogP contribution in [0.5, 0.6) is 0 Å². The minimum Gasteiger partial charge on any atom is -0.329 e. The Morgan fingerprint density at radius 1 is 1.17 bits per heavy atom. The summed E-state index contributed by atoms with van der Waals surface area (Å²) in [6, 6.07) is 6.37. The van der Waals surface area contributed by atoms with E-state index in [0.717, 1.165) is 31.2 Å². The lowest BCUT2D eigenvalue weighted by Crippen LogP contribution is -2.37. The Morgan fingerprint density at radius 2 is 1.72 bits per heavy atom. The fourth-order valence-electron chi connectivity index (χ4n) is 3.19. The molecule has 98 valence electrons. The van der Waals surface area contributed by atoms with Gasteiger partial charge in [-0.1, -0.05) is 42.2 Å². The largest absolute Gasteiger partial charge is 0.329 e. The van der Waals surface area contributed by atoms with Crippen LogP contribution in [0.2, 0.25) is 0 Å². The summed E-state index contributed by atoms with van der Waals surface area (Å²) < 4.78 is 0. The first-order valence-electron chi connectivity index (χ1n) is 6.86. The fourth-order valence-corrected chi connectivity index (χ4v) is 3.19. The number of hydrogen-bond donors (Lipinski definition) is 1. The molecule has 0 heterocycles. The third kappa shape index (κ3) is 2.64. The molecule has 2 heteroatoms. The van der Waals surface area contributed by atoms with Crippen LogP contribution < -0.4 is 5.73 Å². The maximum absolute atomic E-state index is 12.5. The summed E-state index contributed by atoms with van der Waals surface area (Å²) >= 11 is 0. The topological polar surface area (TPSA) is 43.1 Å². The van der Waals surface area contributed by atoms with E-state index in [4.69, 9.17) is 5.73 Å². The SMILES string of the molecule is Cc1cc(C)cc(CC(=O)C2(CN)CCCC2)c1. The maximum atomic E-state index is 12.5. The zero-order valence-electron chi connectivity index (χ0n) is 11.5. The lowest BCUT2D eigenvalue weighted by atomic mass is 9.79. The Labute approximate surface area is 110 Å². The van der Waals surface area contributed by atoms with Gasteiger partial charge in [0.05, 0.1) is 0 Å². The smallest absolute Gasteiger partial charge is 0.144 e. The predicted octanol–water partition coefficient (Wildman–Crippen LogP) is 2.93. The van der Waals surface area contributed by atoms with Gasteiger partial charge in [-0.25, -0.2) is 0 Å². The van der Waals surface area contributed by atoms with Gasteiger partial charge in [-0.15, -0.1) is 0 Å². The van der Waals surface area contributed by atoms with E-state index in [-0.39, 0.29) is 5.41 Å². The number of hydrogen-bond acceptors (Lipinski definition) is 2. The van der Waals surface area contributed by atoms with Crippen LogP contribution in [-0.4, -0.2) is 12.3 Å². The van der Waals surface area contributed by atoms with Crippen LogP contribution >= 0.6 is 0 Å². The van der Waals surface area contributed by atoms with Crippen molar-refractivity contribution in [3.63, 3.8) is 0 Å². The van der Waals surface area contributed by atoms with Crippen molar-refractivity contribution in [1.82, 2.24) is 0 Å². The number of carbonyl (C=O) groups is 1. The van der Waals surface area contributed by atoms with Gasteiger partial charge in [0, 0.05) is 18.4 Å². The molecule has 1 saturated carbocycles. The Bertz CT molecular complexity index is 424. The lowest BCUT2D eigenvalue weighted by Gasteiger charge is -2.25. The first kappa shape index (κ1) is 13.3. The van der Waals surface area contributed by atoms with Gasteiger partial charge >= 0.3 is 0 Å². The molecule has 0 radical (unpaired) electrons. The Hall–Kier alpha value is -1.15. The summed E-state index contributed by atoms with van der Waals surface area (Å²) in [6.07, 6.45) is 4.80. The van der Waals surface area contributed by atoms with E-state index in [2.05, 4.69) is 32.0 Å².